The van der Waals surface area contributed by atoms with Crippen LogP contribution in [0.25, 0.3) is 0 Å². The summed E-state index contributed by atoms with van der Waals surface area (Å²) in [5.41, 5.74) is 0. The number of hydrogen-bond donors (Lipinski definition) is 6. The largest absolute Gasteiger partial charge is 0.463 e. The lowest BCUT2D eigenvalue weighted by atomic mass is 9.92. The molecule has 10 unspecified atom stereocenters. The number of carbonyl (C=O) groups excluding carboxylic acids is 12. The normalized spacial score (nSPS) is 33.6. The maximum Gasteiger partial charge on any atom is 0.303 e. The molecule has 4 amide bonds. The molecule has 81 heavy (non-hydrogen) atoms. The Labute approximate surface area is 462 Å². The van der Waals surface area contributed by atoms with Crippen LogP contribution in [0.1, 0.15) is 83.1 Å². The molecule has 4 saturated heterocycles. The fourth-order valence-corrected chi connectivity index (χ4v) is 9.17. The van der Waals surface area contributed by atoms with E-state index in [1.165, 1.54) is 0 Å². The monoisotopic (exact) mass is 1170 g/mol. The smallest absolute Gasteiger partial charge is 0.303 e. The van der Waals surface area contributed by atoms with Crippen molar-refractivity contribution in [3.8, 4) is 0 Å². The number of ether oxygens (including phenoxy) is 15. The van der Waals surface area contributed by atoms with Crippen LogP contribution >= 0.6 is 0 Å². The average Bonchev–Trinajstić information content (AvgIpc) is 3.32. The number of nitrogens with one attached hydrogen (secondary N) is 4. The van der Waals surface area contributed by atoms with E-state index in [2.05, 4.69) is 21.3 Å². The van der Waals surface area contributed by atoms with Crippen LogP contribution in [0.15, 0.2) is 0 Å². The molecule has 4 fully saturated rings. The zero-order chi connectivity index (χ0) is 60.7. The Balaban J connectivity index is 1.95. The van der Waals surface area contributed by atoms with Gasteiger partial charge in [0.25, 0.3) is 0 Å². The van der Waals surface area contributed by atoms with Crippen molar-refractivity contribution in [2.24, 2.45) is 0 Å². The molecule has 0 bridgehead atoms. The Hall–Kier alpha value is -6.72. The van der Waals surface area contributed by atoms with E-state index in [9.17, 15) is 67.7 Å². The molecule has 6 N–H and O–H groups in total. The lowest BCUT2D eigenvalue weighted by Crippen LogP contribution is -2.72. The average molecular weight is 1170 g/mol. The Morgan fingerprint density at radius 2 is 0.568 bits per heavy atom. The van der Waals surface area contributed by atoms with E-state index in [0.29, 0.717) is 0 Å². The van der Waals surface area contributed by atoms with E-state index in [0.717, 1.165) is 83.1 Å². The summed E-state index contributed by atoms with van der Waals surface area (Å²) in [4.78, 5) is 152. The van der Waals surface area contributed by atoms with Crippen LogP contribution in [-0.2, 0) is 129 Å². The zero-order valence-electron chi connectivity index (χ0n) is 46.3. The number of rotatable bonds is 22. The van der Waals surface area contributed by atoms with E-state index in [4.69, 9.17) is 71.1 Å². The van der Waals surface area contributed by atoms with Gasteiger partial charge in [0.2, 0.25) is 23.6 Å². The highest BCUT2D eigenvalue weighted by Crippen LogP contribution is 2.37. The van der Waals surface area contributed by atoms with E-state index in [1.807, 2.05) is 0 Å². The topological polar surface area (TPSA) is 432 Å². The molecule has 4 heterocycles. The van der Waals surface area contributed by atoms with Gasteiger partial charge in [-0.1, -0.05) is 0 Å². The molecule has 0 aromatic carbocycles. The van der Waals surface area contributed by atoms with Crippen molar-refractivity contribution in [2.75, 3.05) is 26.4 Å². The molecule has 0 aromatic heterocycles. The van der Waals surface area contributed by atoms with E-state index >= 15 is 0 Å². The van der Waals surface area contributed by atoms with Crippen molar-refractivity contribution in [3.05, 3.63) is 0 Å². The molecule has 456 valence electrons. The van der Waals surface area contributed by atoms with Crippen LogP contribution in [0.4, 0.5) is 0 Å². The first kappa shape index (κ1) is 66.8. The lowest BCUT2D eigenvalue weighted by molar-refractivity contribution is -0.362. The molecule has 33 heteroatoms. The number of aliphatic hydroxyl groups is 2. The molecule has 0 radical (unpaired) electrons. The quantitative estimate of drug-likeness (QED) is 0.0439. The molecule has 4 aliphatic heterocycles. The van der Waals surface area contributed by atoms with E-state index in [-0.39, 0.29) is 0 Å². The minimum atomic E-state index is -2.03. The third-order valence-electron chi connectivity index (χ3n) is 12.0. The van der Waals surface area contributed by atoms with Crippen LogP contribution in [0.3, 0.4) is 0 Å². The standard InChI is InChI=1S/C48H70N4O29/c1-17(53)49-33-42(72-26(10)62)38(30(75-45(33)66)14-68-22(6)58)79-47-35(51-19(3)55)44(74-28(12)64)40(32(77-47)16-70-24(8)60)81-48-36(52-20(4)56)43(73-27(11)63)39(31(78-48)15-69-23(7)59)80-46-34(50-18(2)54)41(71-25(9)61)37(65)29(76-46)13-67-21(5)57/h29-48,65-66H,13-16H2,1-12H3,(H,49,53)(H,50,54)(H,51,55)(H,52,56)/t29?,30?,31?,32?,33-,34+,35+,36-,37?,38+,39+,40?,41+,42?,43?,44+,45-,46?,47?,48+/m0/s1. The first-order valence-corrected chi connectivity index (χ1v) is 25.1. The van der Waals surface area contributed by atoms with Crippen LogP contribution < -0.4 is 21.3 Å². The third kappa shape index (κ3) is 19.8. The summed E-state index contributed by atoms with van der Waals surface area (Å²) in [6.45, 7) is 9.12. The van der Waals surface area contributed by atoms with Crippen LogP contribution in [0, 0.1) is 0 Å². The summed E-state index contributed by atoms with van der Waals surface area (Å²) in [7, 11) is 0. The number of carbonyl (C=O) groups is 12. The maximum atomic E-state index is 13.3. The second-order valence-electron chi connectivity index (χ2n) is 18.9. The van der Waals surface area contributed by atoms with Gasteiger partial charge in [0.05, 0.1) is 0 Å². The van der Waals surface area contributed by atoms with Crippen molar-refractivity contribution in [3.63, 3.8) is 0 Å². The number of hydrogen-bond acceptors (Lipinski definition) is 29. The highest BCUT2D eigenvalue weighted by molar-refractivity contribution is 5.75. The Morgan fingerprint density at radius 3 is 0.864 bits per heavy atom. The van der Waals surface area contributed by atoms with Gasteiger partial charge < -0.3 is 103 Å². The number of aliphatic hydroxyl groups excluding tert-OH is 2. The summed E-state index contributed by atoms with van der Waals surface area (Å²) in [5, 5.41) is 32.5. The lowest BCUT2D eigenvalue weighted by Gasteiger charge is -2.52. The summed E-state index contributed by atoms with van der Waals surface area (Å²) in [5.74, 6) is -10.8. The van der Waals surface area contributed by atoms with Crippen molar-refractivity contribution in [1.82, 2.24) is 21.3 Å². The van der Waals surface area contributed by atoms with Gasteiger partial charge in [-0.2, -0.15) is 0 Å². The van der Waals surface area contributed by atoms with Crippen molar-refractivity contribution >= 4 is 71.4 Å². The summed E-state index contributed by atoms with van der Waals surface area (Å²) < 4.78 is 87.9. The maximum absolute atomic E-state index is 13.3. The molecular weight excluding hydrogens is 1100 g/mol. The van der Waals surface area contributed by atoms with Crippen molar-refractivity contribution in [1.29, 1.82) is 0 Å². The Bertz CT molecular complexity index is 2300. The fraction of sp³-hybridized carbons (Fsp3) is 0.750. The van der Waals surface area contributed by atoms with Gasteiger partial charge in [-0.25, -0.2) is 0 Å². The first-order chi connectivity index (χ1) is 37.9. The SMILES string of the molecule is CC(=O)N[C@H]1C(OC(C)=O)[C@H](OC2OC(COC(C)=O)C(O)[C@H](OC(C)=O)[C@H]2NC(C)=O)C(COC(C)=O)O[C@@H]1OC1C(COC(C)=O)OC(O[C@@H]2C(COC(C)=O)O[C@H](O)[C@@H](NC(C)=O)C2OC(C)=O)[C@H](NC(C)=O)[C@H]1OC(C)=O. The van der Waals surface area contributed by atoms with Gasteiger partial charge in [-0.05, 0) is 0 Å². The Morgan fingerprint density at radius 1 is 0.321 bits per heavy atom. The van der Waals surface area contributed by atoms with Gasteiger partial charge >= 0.3 is 47.8 Å². The highest BCUT2D eigenvalue weighted by Gasteiger charge is 2.59. The molecule has 4 rings (SSSR count). The van der Waals surface area contributed by atoms with Gasteiger partial charge in [0, 0.05) is 83.1 Å². The van der Waals surface area contributed by atoms with E-state index < -0.39 is 220 Å². The molecule has 0 saturated carbocycles. The van der Waals surface area contributed by atoms with E-state index in [1.54, 1.807) is 0 Å². The molecule has 0 spiro atoms. The second-order valence-corrected chi connectivity index (χ2v) is 18.9. The molecule has 4 aliphatic rings. The summed E-state index contributed by atoms with van der Waals surface area (Å²) >= 11 is 0. The molecule has 0 aromatic rings. The predicted octanol–water partition coefficient (Wildman–Crippen LogP) is -4.61. The third-order valence-corrected chi connectivity index (χ3v) is 12.0. The fourth-order valence-electron chi connectivity index (χ4n) is 9.17. The zero-order valence-corrected chi connectivity index (χ0v) is 46.3. The molecule has 20 atom stereocenters. The highest BCUT2D eigenvalue weighted by atomic mass is 16.8. The first-order valence-electron chi connectivity index (χ1n) is 25.1. The minimum Gasteiger partial charge on any atom is -0.463 e. The second kappa shape index (κ2) is 30.4. The van der Waals surface area contributed by atoms with Crippen LogP contribution in [0.2, 0.25) is 0 Å². The van der Waals surface area contributed by atoms with Gasteiger partial charge in [-0.15, -0.1) is 0 Å². The molecule has 0 aliphatic carbocycles. The minimum absolute atomic E-state index is 0.680. The van der Waals surface area contributed by atoms with Gasteiger partial charge in [-0.3, -0.25) is 57.5 Å². The van der Waals surface area contributed by atoms with Gasteiger partial charge in [0.1, 0.15) is 99.4 Å². The molecular formula is C48H70N4O29. The predicted molar refractivity (Wildman–Crippen MR) is 257 cm³/mol. The van der Waals surface area contributed by atoms with Crippen LogP contribution in [-0.4, -0.2) is 231 Å². The van der Waals surface area contributed by atoms with Gasteiger partial charge in [0.15, 0.2) is 49.6 Å². The van der Waals surface area contributed by atoms with Crippen molar-refractivity contribution in [2.45, 2.75) is 206 Å². The summed E-state index contributed by atoms with van der Waals surface area (Å²) in [6.07, 6.45) is -28.9. The molecule has 33 nitrogen and oxygen atoms in total. The number of esters is 8. The van der Waals surface area contributed by atoms with Crippen molar-refractivity contribution < 1.29 is 139 Å². The number of amides is 4. The van der Waals surface area contributed by atoms with Crippen LogP contribution in [0.5, 0.6) is 0 Å². The summed E-state index contributed by atoms with van der Waals surface area (Å²) in [6, 6.07) is -6.81. The Kier molecular flexibility index (Phi) is 25.0.